The summed E-state index contributed by atoms with van der Waals surface area (Å²) < 4.78 is 5.40. The van der Waals surface area contributed by atoms with Crippen molar-refractivity contribution in [3.05, 3.63) is 63.7 Å². The summed E-state index contributed by atoms with van der Waals surface area (Å²) in [5, 5.41) is 0.646. The predicted octanol–water partition coefficient (Wildman–Crippen LogP) is 4.07. The molecule has 0 aromatic heterocycles. The summed E-state index contributed by atoms with van der Waals surface area (Å²) in [7, 11) is 0. The van der Waals surface area contributed by atoms with E-state index in [0.29, 0.717) is 36.9 Å². The Bertz CT molecular complexity index is 1100. The lowest BCUT2D eigenvalue weighted by Crippen LogP contribution is -2.44. The summed E-state index contributed by atoms with van der Waals surface area (Å²) >= 11 is 6.20. The first kappa shape index (κ1) is 20.3. The number of primary amides is 1. The van der Waals surface area contributed by atoms with Crippen LogP contribution in [0.5, 0.6) is 0 Å². The Kier molecular flexibility index (Phi) is 5.32. The van der Waals surface area contributed by atoms with Crippen LogP contribution in [0.15, 0.2) is 42.0 Å². The van der Waals surface area contributed by atoms with E-state index in [1.807, 2.05) is 35.2 Å². The van der Waals surface area contributed by atoms with E-state index in [2.05, 4.69) is 6.07 Å². The highest BCUT2D eigenvalue weighted by molar-refractivity contribution is 6.30. The molecule has 1 atom stereocenters. The number of morpholine rings is 1. The summed E-state index contributed by atoms with van der Waals surface area (Å²) in [6.45, 7) is 2.56. The number of carbonyl (C=O) groups is 2. The van der Waals surface area contributed by atoms with Crippen LogP contribution in [0.4, 0.5) is 0 Å². The fourth-order valence-corrected chi connectivity index (χ4v) is 5.33. The van der Waals surface area contributed by atoms with Crippen LogP contribution in [-0.2, 0) is 16.0 Å². The molecule has 1 saturated heterocycles. The van der Waals surface area contributed by atoms with E-state index in [4.69, 9.17) is 22.1 Å². The van der Waals surface area contributed by atoms with Gasteiger partial charge in [-0.3, -0.25) is 9.59 Å². The minimum Gasteiger partial charge on any atom is -0.378 e. The van der Waals surface area contributed by atoms with Crippen molar-refractivity contribution in [2.75, 3.05) is 26.3 Å². The molecule has 1 aliphatic heterocycles. The molecule has 1 unspecified atom stereocenters. The topological polar surface area (TPSA) is 72.6 Å². The van der Waals surface area contributed by atoms with Crippen molar-refractivity contribution >= 4 is 29.0 Å². The van der Waals surface area contributed by atoms with Gasteiger partial charge in [-0.15, -0.1) is 0 Å². The third-order valence-corrected chi connectivity index (χ3v) is 6.97. The number of hydrogen-bond acceptors (Lipinski definition) is 3. The number of ether oxygens (including phenoxy) is 1. The van der Waals surface area contributed by atoms with Crippen LogP contribution in [0, 0.1) is 5.92 Å². The predicted molar refractivity (Wildman–Crippen MR) is 121 cm³/mol. The first-order chi connectivity index (χ1) is 15.0. The number of benzene rings is 2. The molecule has 0 spiro atoms. The summed E-state index contributed by atoms with van der Waals surface area (Å²) in [6.07, 6.45) is 3.21. The molecule has 2 aliphatic carbocycles. The number of nitrogens with zero attached hydrogens (tertiary/aromatic N) is 1. The monoisotopic (exact) mass is 436 g/mol. The smallest absolute Gasteiger partial charge is 0.249 e. The van der Waals surface area contributed by atoms with Crippen molar-refractivity contribution in [3.8, 4) is 11.1 Å². The quantitative estimate of drug-likeness (QED) is 0.788. The van der Waals surface area contributed by atoms with Crippen LogP contribution >= 0.6 is 11.6 Å². The molecule has 0 radical (unpaired) electrons. The number of amides is 2. The molecule has 1 fully saturated rings. The number of hydrogen-bond donors (Lipinski definition) is 1. The van der Waals surface area contributed by atoms with Crippen molar-refractivity contribution in [1.29, 1.82) is 0 Å². The lowest BCUT2D eigenvalue weighted by molar-refractivity contribution is -0.139. The molecule has 31 heavy (non-hydrogen) atoms. The van der Waals surface area contributed by atoms with Gasteiger partial charge in [-0.1, -0.05) is 29.3 Å². The van der Waals surface area contributed by atoms with Gasteiger partial charge in [0, 0.05) is 29.6 Å². The number of nitrogens with two attached hydrogens (primary N) is 1. The molecule has 160 valence electrons. The Labute approximate surface area is 186 Å². The van der Waals surface area contributed by atoms with Crippen LogP contribution in [-0.4, -0.2) is 43.0 Å². The maximum absolute atomic E-state index is 13.1. The fourth-order valence-electron chi connectivity index (χ4n) is 5.14. The van der Waals surface area contributed by atoms with Gasteiger partial charge in [-0.25, -0.2) is 0 Å². The highest BCUT2D eigenvalue weighted by Gasteiger charge is 2.35. The van der Waals surface area contributed by atoms with E-state index in [0.717, 1.165) is 47.9 Å². The van der Waals surface area contributed by atoms with E-state index < -0.39 is 5.91 Å². The molecular weight excluding hydrogens is 412 g/mol. The molecular formula is C25H25ClN2O3. The standard InChI is InChI=1S/C25H25ClN2O3/c26-19-3-1-2-15(10-19)18-13-21-20-12-17(25(30)28-6-8-31-9-7-28)5-4-16(20)11-22(21)23(14-18)24(27)29/h1-3,10,13-14,17H,4-9,11-12H2,(H2,27,29). The number of rotatable bonds is 3. The van der Waals surface area contributed by atoms with Gasteiger partial charge in [0.25, 0.3) is 0 Å². The first-order valence-electron chi connectivity index (χ1n) is 10.8. The Morgan fingerprint density at radius 1 is 1.10 bits per heavy atom. The Morgan fingerprint density at radius 3 is 2.65 bits per heavy atom. The van der Waals surface area contributed by atoms with E-state index in [-0.39, 0.29) is 11.8 Å². The minimum atomic E-state index is -0.416. The zero-order valence-corrected chi connectivity index (χ0v) is 18.1. The highest BCUT2D eigenvalue weighted by atomic mass is 35.5. The van der Waals surface area contributed by atoms with Gasteiger partial charge in [0.2, 0.25) is 11.8 Å². The fraction of sp³-hybridized carbons (Fsp3) is 0.360. The van der Waals surface area contributed by atoms with Gasteiger partial charge < -0.3 is 15.4 Å². The number of halogens is 1. The van der Waals surface area contributed by atoms with Crippen molar-refractivity contribution in [2.24, 2.45) is 11.7 Å². The van der Waals surface area contributed by atoms with Gasteiger partial charge in [-0.2, -0.15) is 0 Å². The van der Waals surface area contributed by atoms with Crippen molar-refractivity contribution in [1.82, 2.24) is 4.90 Å². The van der Waals surface area contributed by atoms with Crippen molar-refractivity contribution in [3.63, 3.8) is 0 Å². The molecule has 6 heteroatoms. The Morgan fingerprint density at radius 2 is 1.90 bits per heavy atom. The number of carbonyl (C=O) groups excluding carboxylic acids is 2. The maximum Gasteiger partial charge on any atom is 0.249 e. The second kappa shape index (κ2) is 8.13. The molecule has 0 saturated carbocycles. The second-order valence-corrected chi connectivity index (χ2v) is 9.00. The molecule has 2 aromatic carbocycles. The average molecular weight is 437 g/mol. The maximum atomic E-state index is 13.1. The summed E-state index contributed by atoms with van der Waals surface area (Å²) in [6, 6.07) is 11.6. The molecule has 1 heterocycles. The molecule has 2 aromatic rings. The van der Waals surface area contributed by atoms with E-state index in [9.17, 15) is 9.59 Å². The zero-order chi connectivity index (χ0) is 21.5. The summed E-state index contributed by atoms with van der Waals surface area (Å²) in [5.41, 5.74) is 12.8. The van der Waals surface area contributed by atoms with Crippen LogP contribution < -0.4 is 5.73 Å². The second-order valence-electron chi connectivity index (χ2n) is 8.56. The molecule has 0 bridgehead atoms. The zero-order valence-electron chi connectivity index (χ0n) is 17.3. The number of fused-ring (bicyclic) bond motifs is 2. The highest BCUT2D eigenvalue weighted by Crippen LogP contribution is 2.46. The summed E-state index contributed by atoms with van der Waals surface area (Å²) in [5.74, 6) is -0.208. The molecule has 3 aliphatic rings. The lowest BCUT2D eigenvalue weighted by atomic mass is 9.82. The first-order valence-corrected chi connectivity index (χ1v) is 11.2. The van der Waals surface area contributed by atoms with E-state index >= 15 is 0 Å². The SMILES string of the molecule is NC(=O)c1cc(-c2cccc(Cl)c2)cc2c1CC1=C2CC(C(=O)N2CCOCC2)CC1. The lowest BCUT2D eigenvalue weighted by Gasteiger charge is -2.32. The molecule has 5 nitrogen and oxygen atoms in total. The third-order valence-electron chi connectivity index (χ3n) is 6.73. The van der Waals surface area contributed by atoms with Gasteiger partial charge in [0.1, 0.15) is 0 Å². The van der Waals surface area contributed by atoms with Crippen LogP contribution in [0.1, 0.15) is 40.7 Å². The van der Waals surface area contributed by atoms with Crippen molar-refractivity contribution in [2.45, 2.75) is 25.7 Å². The van der Waals surface area contributed by atoms with E-state index in [1.54, 1.807) is 0 Å². The van der Waals surface area contributed by atoms with Gasteiger partial charge in [-0.05, 0) is 77.8 Å². The van der Waals surface area contributed by atoms with Crippen LogP contribution in [0.3, 0.4) is 0 Å². The normalized spacial score (nSPS) is 20.4. The Balaban J connectivity index is 1.50. The third kappa shape index (κ3) is 3.77. The van der Waals surface area contributed by atoms with E-state index in [1.165, 1.54) is 11.1 Å². The minimum absolute atomic E-state index is 0.0188. The summed E-state index contributed by atoms with van der Waals surface area (Å²) in [4.78, 5) is 27.4. The van der Waals surface area contributed by atoms with Crippen LogP contribution in [0.2, 0.25) is 5.02 Å². The van der Waals surface area contributed by atoms with Gasteiger partial charge in [0.05, 0.1) is 13.2 Å². The molecule has 2 N–H and O–H groups in total. The van der Waals surface area contributed by atoms with Crippen molar-refractivity contribution < 1.29 is 14.3 Å². The van der Waals surface area contributed by atoms with Gasteiger partial charge >= 0.3 is 0 Å². The molecule has 5 rings (SSSR count). The number of allylic oxidation sites excluding steroid dienone is 2. The van der Waals surface area contributed by atoms with Crippen LogP contribution in [0.25, 0.3) is 16.7 Å². The average Bonchev–Trinajstić information content (AvgIpc) is 3.16. The Hall–Kier alpha value is -2.63. The molecule has 2 amide bonds. The largest absolute Gasteiger partial charge is 0.378 e. The van der Waals surface area contributed by atoms with Gasteiger partial charge in [0.15, 0.2) is 0 Å².